The highest BCUT2D eigenvalue weighted by Gasteiger charge is 2.16. The predicted octanol–water partition coefficient (Wildman–Crippen LogP) is 1.02. The number of esters is 1. The van der Waals surface area contributed by atoms with Crippen molar-refractivity contribution in [2.45, 2.75) is 19.9 Å². The molecule has 0 saturated carbocycles. The third kappa shape index (κ3) is 7.12. The van der Waals surface area contributed by atoms with Crippen molar-refractivity contribution in [2.24, 2.45) is 0 Å². The highest BCUT2D eigenvalue weighted by atomic mass is 79.9. The van der Waals surface area contributed by atoms with Gasteiger partial charge in [0.1, 0.15) is 6.04 Å². The zero-order chi connectivity index (χ0) is 13.1. The number of carbonyl (C=O) groups excluding carboxylic acids is 2. The Morgan fingerprint density at radius 2 is 2.12 bits per heavy atom. The van der Waals surface area contributed by atoms with Gasteiger partial charge >= 0.3 is 5.97 Å². The fourth-order valence-corrected chi connectivity index (χ4v) is 1.44. The molecular formula is C11H18BrNO4. The van der Waals surface area contributed by atoms with Gasteiger partial charge in [0.15, 0.2) is 0 Å². The zero-order valence-electron chi connectivity index (χ0n) is 10.1. The van der Waals surface area contributed by atoms with E-state index in [1.54, 1.807) is 13.0 Å². The minimum Gasteiger partial charge on any atom is -0.464 e. The lowest BCUT2D eigenvalue weighted by molar-refractivity contribution is -0.145. The molecule has 0 spiro atoms. The van der Waals surface area contributed by atoms with Crippen molar-refractivity contribution in [2.75, 3.05) is 25.2 Å². The van der Waals surface area contributed by atoms with Crippen molar-refractivity contribution >= 4 is 28.3 Å². The van der Waals surface area contributed by atoms with Gasteiger partial charge in [-0.3, -0.25) is 4.79 Å². The van der Waals surface area contributed by atoms with Crippen LogP contribution in [0.5, 0.6) is 0 Å². The molecule has 0 bridgehead atoms. The Labute approximate surface area is 110 Å². The second-order valence-electron chi connectivity index (χ2n) is 3.11. The van der Waals surface area contributed by atoms with Crippen LogP contribution in [0.15, 0.2) is 11.6 Å². The van der Waals surface area contributed by atoms with Gasteiger partial charge in [-0.1, -0.05) is 15.9 Å². The topological polar surface area (TPSA) is 64.6 Å². The van der Waals surface area contributed by atoms with Crippen molar-refractivity contribution < 1.29 is 19.1 Å². The largest absolute Gasteiger partial charge is 0.464 e. The first kappa shape index (κ1) is 16.1. The molecule has 0 aromatic rings. The number of alkyl halides is 1. The van der Waals surface area contributed by atoms with Gasteiger partial charge in [-0.25, -0.2) is 4.79 Å². The van der Waals surface area contributed by atoms with Crippen LogP contribution in [0, 0.1) is 0 Å². The second-order valence-corrected chi connectivity index (χ2v) is 3.67. The minimum absolute atomic E-state index is 0.277. The molecule has 6 heteroatoms. The molecule has 1 N–H and O–H groups in total. The number of rotatable bonds is 9. The van der Waals surface area contributed by atoms with Crippen molar-refractivity contribution in [1.29, 1.82) is 0 Å². The van der Waals surface area contributed by atoms with Crippen LogP contribution in [-0.4, -0.2) is 43.6 Å². The average molecular weight is 308 g/mol. The van der Waals surface area contributed by atoms with Crippen LogP contribution < -0.4 is 5.32 Å². The molecule has 0 saturated heterocycles. The highest BCUT2D eigenvalue weighted by Crippen LogP contribution is 2.04. The van der Waals surface area contributed by atoms with Crippen LogP contribution in [0.3, 0.4) is 0 Å². The van der Waals surface area contributed by atoms with Gasteiger partial charge in [0.2, 0.25) is 6.41 Å². The number of hydrogen-bond acceptors (Lipinski definition) is 4. The molecule has 5 nitrogen and oxygen atoms in total. The number of nitrogens with one attached hydrogen (secondary N) is 1. The Morgan fingerprint density at radius 1 is 1.41 bits per heavy atom. The molecule has 0 fully saturated rings. The molecule has 0 rings (SSSR count). The first-order valence-corrected chi connectivity index (χ1v) is 6.51. The summed E-state index contributed by atoms with van der Waals surface area (Å²) in [6, 6.07) is -0.763. The molecule has 17 heavy (non-hydrogen) atoms. The molecule has 0 aliphatic heterocycles. The standard InChI is InChI=1S/C11H18BrNO4/c1-3-16-7-9(6-12)5-10(13-8-14)11(15)17-4-2/h5,8,10H,3-4,6-7H2,1-2H3,(H,13,14). The molecule has 98 valence electrons. The third-order valence-corrected chi connectivity index (χ3v) is 2.57. The van der Waals surface area contributed by atoms with Crippen LogP contribution in [0.4, 0.5) is 0 Å². The summed E-state index contributed by atoms with van der Waals surface area (Å²) in [7, 11) is 0. The van der Waals surface area contributed by atoms with Gasteiger partial charge in [0, 0.05) is 11.9 Å². The van der Waals surface area contributed by atoms with E-state index in [9.17, 15) is 9.59 Å². The van der Waals surface area contributed by atoms with Crippen molar-refractivity contribution in [3.8, 4) is 0 Å². The fraction of sp³-hybridized carbons (Fsp3) is 0.636. The lowest BCUT2D eigenvalue weighted by atomic mass is 10.2. The van der Waals surface area contributed by atoms with Gasteiger partial charge in [0.05, 0.1) is 13.2 Å². The summed E-state index contributed by atoms with van der Waals surface area (Å²) in [4.78, 5) is 21.9. The van der Waals surface area contributed by atoms with E-state index in [0.717, 1.165) is 5.57 Å². The maximum absolute atomic E-state index is 11.5. The van der Waals surface area contributed by atoms with Crippen LogP contribution in [-0.2, 0) is 19.1 Å². The SMILES string of the molecule is CCOCC(=CC(NC=O)C(=O)OCC)CBr. The molecule has 0 aliphatic carbocycles. The van der Waals surface area contributed by atoms with E-state index in [1.165, 1.54) is 0 Å². The van der Waals surface area contributed by atoms with Crippen LogP contribution >= 0.6 is 15.9 Å². The van der Waals surface area contributed by atoms with Gasteiger partial charge in [-0.05, 0) is 25.5 Å². The third-order valence-electron chi connectivity index (χ3n) is 1.85. The lowest BCUT2D eigenvalue weighted by Crippen LogP contribution is -2.36. The first-order valence-electron chi connectivity index (χ1n) is 5.39. The number of hydrogen-bond donors (Lipinski definition) is 1. The number of amides is 1. The first-order chi connectivity index (χ1) is 8.19. The van der Waals surface area contributed by atoms with Gasteiger partial charge < -0.3 is 14.8 Å². The van der Waals surface area contributed by atoms with E-state index < -0.39 is 12.0 Å². The number of ether oxygens (including phenoxy) is 2. The Kier molecular flexibility index (Phi) is 9.75. The summed E-state index contributed by atoms with van der Waals surface area (Å²) < 4.78 is 10.1. The van der Waals surface area contributed by atoms with Gasteiger partial charge in [-0.2, -0.15) is 0 Å². The molecule has 0 aromatic heterocycles. The lowest BCUT2D eigenvalue weighted by Gasteiger charge is -2.12. The summed E-state index contributed by atoms with van der Waals surface area (Å²) in [5, 5.41) is 2.97. The normalized spacial score (nSPS) is 13.0. The van der Waals surface area contributed by atoms with Crippen molar-refractivity contribution in [3.63, 3.8) is 0 Å². The minimum atomic E-state index is -0.763. The Hall–Kier alpha value is -0.880. The summed E-state index contributed by atoms with van der Waals surface area (Å²) >= 11 is 3.30. The Morgan fingerprint density at radius 3 is 2.59 bits per heavy atom. The molecule has 1 atom stereocenters. The van der Waals surface area contributed by atoms with E-state index in [0.29, 0.717) is 25.0 Å². The number of halogens is 1. The summed E-state index contributed by atoms with van der Waals surface area (Å²) in [5.74, 6) is -0.477. The molecule has 1 amide bonds. The average Bonchev–Trinajstić information content (AvgIpc) is 2.33. The summed E-state index contributed by atoms with van der Waals surface area (Å²) in [6.45, 7) is 4.88. The fourth-order valence-electron chi connectivity index (χ4n) is 1.09. The van der Waals surface area contributed by atoms with E-state index in [2.05, 4.69) is 21.2 Å². The van der Waals surface area contributed by atoms with Crippen molar-refractivity contribution in [1.82, 2.24) is 5.32 Å². The van der Waals surface area contributed by atoms with Crippen LogP contribution in [0.2, 0.25) is 0 Å². The van der Waals surface area contributed by atoms with E-state index in [4.69, 9.17) is 9.47 Å². The second kappa shape index (κ2) is 10.3. The molecule has 0 radical (unpaired) electrons. The summed E-state index contributed by atoms with van der Waals surface area (Å²) in [6.07, 6.45) is 2.11. The maximum atomic E-state index is 11.5. The molecule has 0 aliphatic rings. The molecule has 1 unspecified atom stereocenters. The molecule has 0 heterocycles. The maximum Gasteiger partial charge on any atom is 0.332 e. The van der Waals surface area contributed by atoms with Crippen LogP contribution in [0.1, 0.15) is 13.8 Å². The molecule has 0 aromatic carbocycles. The number of carbonyl (C=O) groups is 2. The smallest absolute Gasteiger partial charge is 0.332 e. The van der Waals surface area contributed by atoms with Crippen molar-refractivity contribution in [3.05, 3.63) is 11.6 Å². The Balaban J connectivity index is 4.60. The van der Waals surface area contributed by atoms with E-state index >= 15 is 0 Å². The zero-order valence-corrected chi connectivity index (χ0v) is 11.7. The van der Waals surface area contributed by atoms with E-state index in [-0.39, 0.29) is 6.61 Å². The Bertz CT molecular complexity index is 268. The van der Waals surface area contributed by atoms with Crippen LogP contribution in [0.25, 0.3) is 0 Å². The van der Waals surface area contributed by atoms with Gasteiger partial charge in [-0.15, -0.1) is 0 Å². The summed E-state index contributed by atoms with van der Waals surface area (Å²) in [5.41, 5.74) is 0.874. The quantitative estimate of drug-likeness (QED) is 0.299. The predicted molar refractivity (Wildman–Crippen MR) is 68.0 cm³/mol. The molecular weight excluding hydrogens is 290 g/mol. The van der Waals surface area contributed by atoms with E-state index in [1.807, 2.05) is 6.92 Å². The van der Waals surface area contributed by atoms with Gasteiger partial charge in [0.25, 0.3) is 0 Å². The highest BCUT2D eigenvalue weighted by molar-refractivity contribution is 9.09. The monoisotopic (exact) mass is 307 g/mol.